The SMILES string of the molecule is Cc1ccc(Cn2cc(Br)c(NC(=O)c3cnn(C)c3C)n2)cc1. The molecule has 0 bridgehead atoms. The van der Waals surface area contributed by atoms with Crippen molar-refractivity contribution in [2.75, 3.05) is 5.32 Å². The van der Waals surface area contributed by atoms with Gasteiger partial charge in [-0.25, -0.2) is 0 Å². The lowest BCUT2D eigenvalue weighted by Crippen LogP contribution is -2.14. The average molecular weight is 388 g/mol. The molecule has 0 saturated carbocycles. The van der Waals surface area contributed by atoms with E-state index in [0.717, 1.165) is 15.7 Å². The number of amides is 1. The maximum atomic E-state index is 12.4. The van der Waals surface area contributed by atoms with Crippen molar-refractivity contribution < 1.29 is 4.79 Å². The molecule has 1 N–H and O–H groups in total. The van der Waals surface area contributed by atoms with Crippen LogP contribution in [0.15, 0.2) is 41.1 Å². The highest BCUT2D eigenvalue weighted by Crippen LogP contribution is 2.22. The maximum Gasteiger partial charge on any atom is 0.260 e. The zero-order valence-corrected chi connectivity index (χ0v) is 15.3. The van der Waals surface area contributed by atoms with Crippen molar-refractivity contribution in [3.63, 3.8) is 0 Å². The monoisotopic (exact) mass is 387 g/mol. The number of anilines is 1. The van der Waals surface area contributed by atoms with Crippen molar-refractivity contribution >= 4 is 27.7 Å². The predicted octanol–water partition coefficient (Wildman–Crippen LogP) is 3.30. The van der Waals surface area contributed by atoms with Gasteiger partial charge in [0, 0.05) is 18.9 Å². The molecule has 3 rings (SSSR count). The Hall–Kier alpha value is -2.41. The standard InChI is InChI=1S/C17H18BrN5O/c1-11-4-6-13(7-5-11)9-23-10-15(18)16(21-23)20-17(24)14-8-19-22(3)12(14)2/h4-8,10H,9H2,1-3H3,(H,20,21,24). The molecule has 0 aliphatic carbocycles. The lowest BCUT2D eigenvalue weighted by molar-refractivity contribution is 0.102. The van der Waals surface area contributed by atoms with Gasteiger partial charge in [-0.2, -0.15) is 10.2 Å². The van der Waals surface area contributed by atoms with E-state index in [1.807, 2.05) is 13.1 Å². The summed E-state index contributed by atoms with van der Waals surface area (Å²) in [6.07, 6.45) is 3.41. The lowest BCUT2D eigenvalue weighted by atomic mass is 10.1. The molecule has 2 heterocycles. The van der Waals surface area contributed by atoms with E-state index in [1.54, 1.807) is 22.6 Å². The fourth-order valence-corrected chi connectivity index (χ4v) is 2.75. The van der Waals surface area contributed by atoms with Crippen molar-refractivity contribution in [3.05, 3.63) is 63.5 Å². The fraction of sp³-hybridized carbons (Fsp3) is 0.235. The van der Waals surface area contributed by atoms with Crippen molar-refractivity contribution in [1.82, 2.24) is 19.6 Å². The Labute approximate surface area is 148 Å². The number of carbonyl (C=O) groups excluding carboxylic acids is 1. The van der Waals surface area contributed by atoms with Crippen molar-refractivity contribution in [2.24, 2.45) is 7.05 Å². The van der Waals surface area contributed by atoms with Crippen LogP contribution in [0.4, 0.5) is 5.82 Å². The number of carbonyl (C=O) groups is 1. The van der Waals surface area contributed by atoms with E-state index in [2.05, 4.69) is 62.6 Å². The molecule has 1 amide bonds. The van der Waals surface area contributed by atoms with Gasteiger partial charge in [0.25, 0.3) is 5.91 Å². The fourth-order valence-electron chi connectivity index (χ4n) is 2.34. The van der Waals surface area contributed by atoms with E-state index in [0.29, 0.717) is 17.9 Å². The van der Waals surface area contributed by atoms with Gasteiger partial charge in [-0.3, -0.25) is 14.2 Å². The highest BCUT2D eigenvalue weighted by atomic mass is 79.9. The largest absolute Gasteiger partial charge is 0.304 e. The van der Waals surface area contributed by atoms with Crippen LogP contribution in [0.5, 0.6) is 0 Å². The Balaban J connectivity index is 1.75. The summed E-state index contributed by atoms with van der Waals surface area (Å²) < 4.78 is 4.20. The van der Waals surface area contributed by atoms with Gasteiger partial charge in [-0.1, -0.05) is 29.8 Å². The first-order chi connectivity index (χ1) is 11.4. The van der Waals surface area contributed by atoms with E-state index >= 15 is 0 Å². The highest BCUT2D eigenvalue weighted by Gasteiger charge is 2.16. The molecule has 0 aliphatic heterocycles. The number of hydrogen-bond donors (Lipinski definition) is 1. The topological polar surface area (TPSA) is 64.7 Å². The van der Waals surface area contributed by atoms with E-state index < -0.39 is 0 Å². The van der Waals surface area contributed by atoms with Gasteiger partial charge in [0.1, 0.15) is 0 Å². The van der Waals surface area contributed by atoms with Crippen LogP contribution < -0.4 is 5.32 Å². The van der Waals surface area contributed by atoms with Crippen LogP contribution >= 0.6 is 15.9 Å². The lowest BCUT2D eigenvalue weighted by Gasteiger charge is -2.03. The second kappa shape index (κ2) is 6.60. The molecule has 0 spiro atoms. The molecular formula is C17H18BrN5O. The van der Waals surface area contributed by atoms with Gasteiger partial charge < -0.3 is 5.32 Å². The first kappa shape index (κ1) is 16.4. The number of benzene rings is 1. The Morgan fingerprint density at radius 1 is 1.25 bits per heavy atom. The quantitative estimate of drug-likeness (QED) is 0.746. The van der Waals surface area contributed by atoms with Gasteiger partial charge >= 0.3 is 0 Å². The number of aryl methyl sites for hydroxylation is 2. The summed E-state index contributed by atoms with van der Waals surface area (Å²) in [6.45, 7) is 4.55. The Kier molecular flexibility index (Phi) is 4.53. The minimum absolute atomic E-state index is 0.220. The molecule has 0 radical (unpaired) electrons. The van der Waals surface area contributed by atoms with Crippen molar-refractivity contribution in [2.45, 2.75) is 20.4 Å². The first-order valence-electron chi connectivity index (χ1n) is 7.52. The average Bonchev–Trinajstić information content (AvgIpc) is 3.05. The smallest absolute Gasteiger partial charge is 0.260 e. The second-order valence-corrected chi connectivity index (χ2v) is 6.58. The molecule has 3 aromatic rings. The zero-order chi connectivity index (χ0) is 17.3. The maximum absolute atomic E-state index is 12.4. The third kappa shape index (κ3) is 3.41. The minimum atomic E-state index is -0.220. The van der Waals surface area contributed by atoms with E-state index in [1.165, 1.54) is 5.56 Å². The van der Waals surface area contributed by atoms with Crippen LogP contribution in [0.25, 0.3) is 0 Å². The summed E-state index contributed by atoms with van der Waals surface area (Å²) in [5.41, 5.74) is 3.72. The zero-order valence-electron chi connectivity index (χ0n) is 13.7. The number of rotatable bonds is 4. The summed E-state index contributed by atoms with van der Waals surface area (Å²) in [4.78, 5) is 12.4. The molecule has 124 valence electrons. The van der Waals surface area contributed by atoms with Crippen LogP contribution in [-0.2, 0) is 13.6 Å². The van der Waals surface area contributed by atoms with Crippen LogP contribution in [0.1, 0.15) is 27.2 Å². The second-order valence-electron chi connectivity index (χ2n) is 5.73. The number of nitrogens with zero attached hydrogens (tertiary/aromatic N) is 4. The molecule has 0 atom stereocenters. The third-order valence-corrected chi connectivity index (χ3v) is 4.47. The molecular weight excluding hydrogens is 370 g/mol. The molecule has 0 unspecified atom stereocenters. The van der Waals surface area contributed by atoms with Gasteiger partial charge in [0.15, 0.2) is 5.82 Å². The van der Waals surface area contributed by atoms with Crippen LogP contribution in [0.3, 0.4) is 0 Å². The molecule has 7 heteroatoms. The van der Waals surface area contributed by atoms with Crippen LogP contribution in [0, 0.1) is 13.8 Å². The van der Waals surface area contributed by atoms with Crippen LogP contribution in [-0.4, -0.2) is 25.5 Å². The summed E-state index contributed by atoms with van der Waals surface area (Å²) >= 11 is 3.45. The Morgan fingerprint density at radius 2 is 1.96 bits per heavy atom. The van der Waals surface area contributed by atoms with Gasteiger partial charge in [-0.05, 0) is 35.3 Å². The number of nitrogens with one attached hydrogen (secondary N) is 1. The molecule has 6 nitrogen and oxygen atoms in total. The summed E-state index contributed by atoms with van der Waals surface area (Å²) in [7, 11) is 1.80. The van der Waals surface area contributed by atoms with E-state index in [-0.39, 0.29) is 5.91 Å². The molecule has 0 saturated heterocycles. The normalized spacial score (nSPS) is 10.8. The number of halogens is 1. The first-order valence-corrected chi connectivity index (χ1v) is 8.32. The van der Waals surface area contributed by atoms with Gasteiger partial charge in [0.05, 0.1) is 22.8 Å². The summed E-state index contributed by atoms with van der Waals surface area (Å²) in [5, 5.41) is 11.4. The number of hydrogen-bond acceptors (Lipinski definition) is 3. The molecule has 2 aromatic heterocycles. The van der Waals surface area contributed by atoms with Gasteiger partial charge in [0.2, 0.25) is 0 Å². The van der Waals surface area contributed by atoms with Crippen molar-refractivity contribution in [3.8, 4) is 0 Å². The molecule has 24 heavy (non-hydrogen) atoms. The third-order valence-electron chi connectivity index (χ3n) is 3.89. The van der Waals surface area contributed by atoms with Crippen molar-refractivity contribution in [1.29, 1.82) is 0 Å². The highest BCUT2D eigenvalue weighted by molar-refractivity contribution is 9.10. The predicted molar refractivity (Wildman–Crippen MR) is 96.1 cm³/mol. The summed E-state index contributed by atoms with van der Waals surface area (Å²) in [5.74, 6) is 0.275. The van der Waals surface area contributed by atoms with Crippen LogP contribution in [0.2, 0.25) is 0 Å². The minimum Gasteiger partial charge on any atom is -0.304 e. The van der Waals surface area contributed by atoms with E-state index in [9.17, 15) is 4.79 Å². The molecule has 0 fully saturated rings. The van der Waals surface area contributed by atoms with Gasteiger partial charge in [-0.15, -0.1) is 0 Å². The Bertz CT molecular complexity index is 879. The summed E-state index contributed by atoms with van der Waals surface area (Å²) in [6, 6.07) is 8.29. The number of aromatic nitrogens is 4. The van der Waals surface area contributed by atoms with E-state index in [4.69, 9.17) is 0 Å². The Morgan fingerprint density at radius 3 is 2.58 bits per heavy atom. The molecule has 1 aromatic carbocycles. The molecule has 0 aliphatic rings.